The monoisotopic (exact) mass is 499 g/mol. The van der Waals surface area contributed by atoms with Crippen LogP contribution < -0.4 is 0 Å². The van der Waals surface area contributed by atoms with Crippen molar-refractivity contribution < 1.29 is 9.90 Å². The van der Waals surface area contributed by atoms with Gasteiger partial charge in [-0.1, -0.05) is 92.0 Å². The minimum atomic E-state index is -0.128. The third-order valence-electron chi connectivity index (χ3n) is 6.84. The summed E-state index contributed by atoms with van der Waals surface area (Å²) in [6.45, 7) is 19.1. The molecule has 35 heavy (non-hydrogen) atoms. The van der Waals surface area contributed by atoms with Crippen molar-refractivity contribution in [2.75, 3.05) is 13.1 Å². The highest BCUT2D eigenvalue weighted by Crippen LogP contribution is 2.36. The van der Waals surface area contributed by atoms with Crippen molar-refractivity contribution in [2.45, 2.75) is 105 Å². The van der Waals surface area contributed by atoms with Crippen molar-refractivity contribution >= 4 is 17.5 Å². The van der Waals surface area contributed by atoms with E-state index >= 15 is 0 Å². The smallest absolute Gasteiger partial charge is 0.257 e. The molecule has 194 valence electrons. The van der Waals surface area contributed by atoms with Gasteiger partial charge in [-0.15, -0.1) is 0 Å². The molecule has 1 N–H and O–H groups in total. The molecular formula is C31H46ClNO2. The van der Waals surface area contributed by atoms with Crippen LogP contribution in [-0.4, -0.2) is 29.0 Å². The molecule has 4 heteroatoms. The summed E-state index contributed by atoms with van der Waals surface area (Å²) in [5.41, 5.74) is 6.66. The Kier molecular flexibility index (Phi) is 11.1. The zero-order chi connectivity index (χ0) is 26.3. The maximum absolute atomic E-state index is 13.5. The van der Waals surface area contributed by atoms with Crippen molar-refractivity contribution in [1.29, 1.82) is 0 Å². The van der Waals surface area contributed by atoms with Crippen molar-refractivity contribution in [2.24, 2.45) is 0 Å². The minimum absolute atomic E-state index is 0.110. The molecule has 1 amide bonds. The largest absolute Gasteiger partial charge is 0.506 e. The first-order valence-corrected chi connectivity index (χ1v) is 13.9. The standard InChI is InChI=1S/C31H46ClNO2/c1-9-11-13-33(14-12-10-2)31(35)28-16-23(17-29(32)30(28)34)15-27-25(21(5)6)18-24(20(3)4)19-26(27)22(7)8/h16-22,34H,9-15H2,1-8H3. The number of phenolic OH excluding ortho intramolecular Hbond substituents is 1. The summed E-state index contributed by atoms with van der Waals surface area (Å²) in [6.07, 6.45) is 4.61. The number of rotatable bonds is 12. The van der Waals surface area contributed by atoms with Gasteiger partial charge in [0.15, 0.2) is 0 Å². The summed E-state index contributed by atoms with van der Waals surface area (Å²) >= 11 is 6.49. The fourth-order valence-electron chi connectivity index (χ4n) is 4.62. The third-order valence-corrected chi connectivity index (χ3v) is 7.12. The zero-order valence-corrected chi connectivity index (χ0v) is 23.9. The van der Waals surface area contributed by atoms with E-state index in [2.05, 4.69) is 67.5 Å². The van der Waals surface area contributed by atoms with Crippen LogP contribution in [0.2, 0.25) is 5.02 Å². The van der Waals surface area contributed by atoms with Gasteiger partial charge in [-0.25, -0.2) is 0 Å². The molecule has 0 atom stereocenters. The summed E-state index contributed by atoms with van der Waals surface area (Å²) in [7, 11) is 0. The number of hydrogen-bond donors (Lipinski definition) is 1. The Morgan fingerprint density at radius 2 is 1.37 bits per heavy atom. The number of phenols is 1. The van der Waals surface area contributed by atoms with E-state index in [9.17, 15) is 9.90 Å². The van der Waals surface area contributed by atoms with E-state index in [4.69, 9.17) is 11.6 Å². The lowest BCUT2D eigenvalue weighted by Crippen LogP contribution is -2.33. The highest BCUT2D eigenvalue weighted by atomic mass is 35.5. The average molecular weight is 500 g/mol. The van der Waals surface area contributed by atoms with Gasteiger partial charge in [0, 0.05) is 13.1 Å². The summed E-state index contributed by atoms with van der Waals surface area (Å²) in [4.78, 5) is 15.4. The van der Waals surface area contributed by atoms with Gasteiger partial charge in [-0.3, -0.25) is 4.79 Å². The second-order valence-corrected chi connectivity index (χ2v) is 11.2. The van der Waals surface area contributed by atoms with E-state index < -0.39 is 0 Å². The van der Waals surface area contributed by atoms with Gasteiger partial charge >= 0.3 is 0 Å². The van der Waals surface area contributed by atoms with E-state index in [1.54, 1.807) is 0 Å². The lowest BCUT2D eigenvalue weighted by molar-refractivity contribution is 0.0748. The SMILES string of the molecule is CCCCN(CCCC)C(=O)c1cc(Cc2c(C(C)C)cc(C(C)C)cc2C(C)C)cc(Cl)c1O. The van der Waals surface area contributed by atoms with Crippen molar-refractivity contribution in [3.05, 3.63) is 62.7 Å². The highest BCUT2D eigenvalue weighted by Gasteiger charge is 2.23. The fraction of sp³-hybridized carbons (Fsp3) is 0.581. The van der Waals surface area contributed by atoms with Gasteiger partial charge in [0.25, 0.3) is 5.91 Å². The lowest BCUT2D eigenvalue weighted by atomic mass is 9.82. The molecule has 0 unspecified atom stereocenters. The summed E-state index contributed by atoms with van der Waals surface area (Å²) in [6, 6.07) is 8.38. The van der Waals surface area contributed by atoms with E-state index in [1.165, 1.54) is 22.3 Å². The number of benzene rings is 2. The average Bonchev–Trinajstić information content (AvgIpc) is 2.80. The molecule has 0 aliphatic carbocycles. The van der Waals surface area contributed by atoms with Crippen LogP contribution in [0.3, 0.4) is 0 Å². The molecule has 3 nitrogen and oxygen atoms in total. The first-order chi connectivity index (χ1) is 16.5. The molecule has 2 aromatic rings. The Morgan fingerprint density at radius 1 is 0.857 bits per heavy atom. The molecule has 2 aromatic carbocycles. The Bertz CT molecular complexity index is 957. The number of hydrogen-bond acceptors (Lipinski definition) is 2. The van der Waals surface area contributed by atoms with E-state index in [0.717, 1.165) is 31.2 Å². The van der Waals surface area contributed by atoms with Crippen LogP contribution in [0.25, 0.3) is 0 Å². The number of amides is 1. The van der Waals surface area contributed by atoms with Gasteiger partial charge in [-0.05, 0) is 77.0 Å². The number of carbonyl (C=O) groups excluding carboxylic acids is 1. The predicted octanol–water partition coefficient (Wildman–Crippen LogP) is 9.05. The first kappa shape index (κ1) is 29.2. The first-order valence-electron chi connectivity index (χ1n) is 13.5. The molecule has 0 radical (unpaired) electrons. The van der Waals surface area contributed by atoms with Crippen LogP contribution in [0.1, 0.15) is 137 Å². The minimum Gasteiger partial charge on any atom is -0.506 e. The maximum atomic E-state index is 13.5. The van der Waals surface area contributed by atoms with Crippen LogP contribution in [0.4, 0.5) is 0 Å². The Labute approximate surface area is 218 Å². The highest BCUT2D eigenvalue weighted by molar-refractivity contribution is 6.32. The normalized spacial score (nSPS) is 11.7. The molecule has 0 fully saturated rings. The molecule has 0 spiro atoms. The summed E-state index contributed by atoms with van der Waals surface area (Å²) in [5, 5.41) is 11.0. The van der Waals surface area contributed by atoms with Crippen molar-refractivity contribution in [3.8, 4) is 5.75 Å². The molecule has 0 bridgehead atoms. The number of aromatic hydroxyl groups is 1. The molecule has 0 saturated carbocycles. The van der Waals surface area contributed by atoms with Crippen LogP contribution >= 0.6 is 11.6 Å². The fourth-order valence-corrected chi connectivity index (χ4v) is 4.86. The van der Waals surface area contributed by atoms with Gasteiger partial charge in [0.2, 0.25) is 0 Å². The van der Waals surface area contributed by atoms with Gasteiger partial charge in [0.05, 0.1) is 10.6 Å². The molecule has 0 saturated heterocycles. The molecule has 0 heterocycles. The maximum Gasteiger partial charge on any atom is 0.257 e. The number of halogens is 1. The second kappa shape index (κ2) is 13.3. The molecule has 0 aliphatic rings. The molecule has 2 rings (SSSR count). The van der Waals surface area contributed by atoms with E-state index in [1.807, 2.05) is 17.0 Å². The number of nitrogens with zero attached hydrogens (tertiary/aromatic N) is 1. The Hall–Kier alpha value is -2.00. The summed E-state index contributed by atoms with van der Waals surface area (Å²) < 4.78 is 0. The Morgan fingerprint density at radius 3 is 1.80 bits per heavy atom. The molecule has 0 aliphatic heterocycles. The predicted molar refractivity (Wildman–Crippen MR) is 150 cm³/mol. The Balaban J connectivity index is 2.57. The molecule has 0 aromatic heterocycles. The van der Waals surface area contributed by atoms with E-state index in [-0.39, 0.29) is 16.7 Å². The van der Waals surface area contributed by atoms with Gasteiger partial charge in [0.1, 0.15) is 5.75 Å². The van der Waals surface area contributed by atoms with Gasteiger partial charge in [-0.2, -0.15) is 0 Å². The van der Waals surface area contributed by atoms with Gasteiger partial charge < -0.3 is 10.0 Å². The second-order valence-electron chi connectivity index (χ2n) is 10.8. The zero-order valence-electron chi connectivity index (χ0n) is 23.2. The van der Waals surface area contributed by atoms with Crippen LogP contribution in [-0.2, 0) is 6.42 Å². The van der Waals surface area contributed by atoms with Crippen LogP contribution in [0.5, 0.6) is 5.75 Å². The molecular weight excluding hydrogens is 454 g/mol. The van der Waals surface area contributed by atoms with Crippen molar-refractivity contribution in [1.82, 2.24) is 4.90 Å². The van der Waals surface area contributed by atoms with E-state index in [0.29, 0.717) is 42.8 Å². The number of unbranched alkanes of at least 4 members (excludes halogenated alkanes) is 2. The van der Waals surface area contributed by atoms with Crippen molar-refractivity contribution in [3.63, 3.8) is 0 Å². The lowest BCUT2D eigenvalue weighted by Gasteiger charge is -2.25. The van der Waals surface area contributed by atoms with Crippen LogP contribution in [0.15, 0.2) is 24.3 Å². The summed E-state index contributed by atoms with van der Waals surface area (Å²) in [5.74, 6) is 0.990. The third kappa shape index (κ3) is 7.49. The number of carbonyl (C=O) groups is 1. The quantitative estimate of drug-likeness (QED) is 0.316. The topological polar surface area (TPSA) is 40.5 Å². The van der Waals surface area contributed by atoms with Crippen LogP contribution in [0, 0.1) is 0 Å².